The van der Waals surface area contributed by atoms with Crippen molar-refractivity contribution in [3.63, 3.8) is 0 Å². The summed E-state index contributed by atoms with van der Waals surface area (Å²) in [6, 6.07) is 14.5. The average molecular weight is 302 g/mol. The van der Waals surface area contributed by atoms with Crippen molar-refractivity contribution in [1.29, 1.82) is 0 Å². The normalized spacial score (nSPS) is 9.68. The Morgan fingerprint density at radius 1 is 0.773 bits per heavy atom. The molecule has 0 amide bonds. The SMILES string of the molecule is CCOc1ccc(OC(=O)OC(=O)Oc2ccccc2)cc1. The van der Waals surface area contributed by atoms with Gasteiger partial charge in [0.2, 0.25) is 0 Å². The van der Waals surface area contributed by atoms with Crippen molar-refractivity contribution >= 4 is 12.3 Å². The summed E-state index contributed by atoms with van der Waals surface area (Å²) in [6.45, 7) is 2.40. The zero-order valence-electron chi connectivity index (χ0n) is 11.9. The second kappa shape index (κ2) is 7.68. The molecule has 114 valence electrons. The lowest BCUT2D eigenvalue weighted by Gasteiger charge is -2.06. The van der Waals surface area contributed by atoms with Crippen molar-refractivity contribution in [2.24, 2.45) is 0 Å². The quantitative estimate of drug-likeness (QED) is 0.486. The van der Waals surface area contributed by atoms with Gasteiger partial charge in [0, 0.05) is 0 Å². The summed E-state index contributed by atoms with van der Waals surface area (Å²) >= 11 is 0. The molecular weight excluding hydrogens is 288 g/mol. The van der Waals surface area contributed by atoms with Crippen LogP contribution in [0.15, 0.2) is 54.6 Å². The largest absolute Gasteiger partial charge is 0.524 e. The average Bonchev–Trinajstić information content (AvgIpc) is 2.50. The highest BCUT2D eigenvalue weighted by Gasteiger charge is 2.15. The van der Waals surface area contributed by atoms with Crippen LogP contribution in [0.4, 0.5) is 9.59 Å². The Morgan fingerprint density at radius 3 is 1.82 bits per heavy atom. The van der Waals surface area contributed by atoms with Gasteiger partial charge < -0.3 is 18.9 Å². The second-order valence-electron chi connectivity index (χ2n) is 4.02. The molecule has 0 saturated carbocycles. The van der Waals surface area contributed by atoms with E-state index in [0.717, 1.165) is 0 Å². The highest BCUT2D eigenvalue weighted by Crippen LogP contribution is 2.18. The maximum atomic E-state index is 11.4. The second-order valence-corrected chi connectivity index (χ2v) is 4.02. The Labute approximate surface area is 127 Å². The van der Waals surface area contributed by atoms with Gasteiger partial charge in [-0.1, -0.05) is 18.2 Å². The number of hydrogen-bond acceptors (Lipinski definition) is 6. The van der Waals surface area contributed by atoms with Crippen molar-refractivity contribution < 1.29 is 28.5 Å². The summed E-state index contributed by atoms with van der Waals surface area (Å²) in [7, 11) is 0. The Morgan fingerprint density at radius 2 is 1.27 bits per heavy atom. The van der Waals surface area contributed by atoms with E-state index in [1.807, 2.05) is 6.92 Å². The van der Waals surface area contributed by atoms with E-state index in [4.69, 9.17) is 14.2 Å². The predicted molar refractivity (Wildman–Crippen MR) is 77.2 cm³/mol. The van der Waals surface area contributed by atoms with Gasteiger partial charge in [0.1, 0.15) is 17.2 Å². The minimum absolute atomic E-state index is 0.223. The molecule has 0 unspecified atom stereocenters. The summed E-state index contributed by atoms with van der Waals surface area (Å²) in [6.07, 6.45) is -2.34. The molecule has 2 rings (SSSR count). The topological polar surface area (TPSA) is 71.1 Å². The smallest absolute Gasteiger partial charge is 0.494 e. The molecule has 0 spiro atoms. The number of para-hydroxylation sites is 1. The summed E-state index contributed by atoms with van der Waals surface area (Å²) in [5.74, 6) is 1.13. The van der Waals surface area contributed by atoms with Crippen LogP contribution in [0.2, 0.25) is 0 Å². The van der Waals surface area contributed by atoms with Crippen molar-refractivity contribution in [1.82, 2.24) is 0 Å². The van der Waals surface area contributed by atoms with Crippen molar-refractivity contribution in [3.8, 4) is 17.2 Å². The minimum atomic E-state index is -1.18. The van der Waals surface area contributed by atoms with Gasteiger partial charge in [-0.25, -0.2) is 9.59 Å². The highest BCUT2D eigenvalue weighted by atomic mass is 16.8. The lowest BCUT2D eigenvalue weighted by molar-refractivity contribution is 0.0895. The van der Waals surface area contributed by atoms with E-state index in [2.05, 4.69) is 4.74 Å². The van der Waals surface area contributed by atoms with E-state index >= 15 is 0 Å². The minimum Gasteiger partial charge on any atom is -0.494 e. The van der Waals surface area contributed by atoms with Crippen LogP contribution in [-0.4, -0.2) is 18.9 Å². The lowest BCUT2D eigenvalue weighted by atomic mass is 10.3. The van der Waals surface area contributed by atoms with Crippen molar-refractivity contribution in [2.75, 3.05) is 6.61 Å². The molecule has 0 bridgehead atoms. The Kier molecular flexibility index (Phi) is 5.37. The van der Waals surface area contributed by atoms with Gasteiger partial charge in [0.25, 0.3) is 0 Å². The van der Waals surface area contributed by atoms with Crippen LogP contribution in [0.3, 0.4) is 0 Å². The van der Waals surface area contributed by atoms with Gasteiger partial charge in [-0.3, -0.25) is 0 Å². The maximum absolute atomic E-state index is 11.4. The predicted octanol–water partition coefficient (Wildman–Crippen LogP) is 3.80. The molecule has 6 nitrogen and oxygen atoms in total. The van der Waals surface area contributed by atoms with Crippen molar-refractivity contribution in [3.05, 3.63) is 54.6 Å². The summed E-state index contributed by atoms with van der Waals surface area (Å²) in [4.78, 5) is 22.8. The molecule has 0 aliphatic rings. The lowest BCUT2D eigenvalue weighted by Crippen LogP contribution is -2.19. The van der Waals surface area contributed by atoms with Crippen LogP contribution in [0.25, 0.3) is 0 Å². The molecule has 0 fully saturated rings. The molecule has 0 aliphatic heterocycles. The summed E-state index contributed by atoms with van der Waals surface area (Å²) in [5, 5.41) is 0. The third-order valence-electron chi connectivity index (χ3n) is 2.45. The fraction of sp³-hybridized carbons (Fsp3) is 0.125. The molecule has 0 aromatic heterocycles. The zero-order chi connectivity index (χ0) is 15.8. The molecule has 0 heterocycles. The number of hydrogen-bond donors (Lipinski definition) is 0. The number of rotatable bonds is 4. The van der Waals surface area contributed by atoms with Crippen LogP contribution in [0, 0.1) is 0 Å². The third kappa shape index (κ3) is 4.82. The van der Waals surface area contributed by atoms with Crippen LogP contribution in [-0.2, 0) is 4.74 Å². The molecule has 0 atom stereocenters. The number of carbonyl (C=O) groups is 2. The van der Waals surface area contributed by atoms with E-state index in [1.54, 1.807) is 42.5 Å². The number of ether oxygens (including phenoxy) is 4. The Bertz CT molecular complexity index is 621. The summed E-state index contributed by atoms with van der Waals surface area (Å²) in [5.41, 5.74) is 0. The van der Waals surface area contributed by atoms with Gasteiger partial charge in [-0.2, -0.15) is 0 Å². The van der Waals surface area contributed by atoms with E-state index in [9.17, 15) is 9.59 Å². The number of carbonyl (C=O) groups excluding carboxylic acids is 2. The molecular formula is C16H14O6. The first-order chi connectivity index (χ1) is 10.7. The van der Waals surface area contributed by atoms with Crippen LogP contribution in [0.5, 0.6) is 17.2 Å². The standard InChI is InChI=1S/C16H14O6/c1-2-19-12-8-10-14(11-9-12)21-16(18)22-15(17)20-13-6-4-3-5-7-13/h3-11H,2H2,1H3. The molecule has 2 aromatic carbocycles. The first kappa shape index (κ1) is 15.4. The summed E-state index contributed by atoms with van der Waals surface area (Å²) < 4.78 is 19.3. The molecule has 0 saturated heterocycles. The van der Waals surface area contributed by atoms with Gasteiger partial charge in [-0.05, 0) is 43.3 Å². The van der Waals surface area contributed by atoms with E-state index < -0.39 is 12.3 Å². The third-order valence-corrected chi connectivity index (χ3v) is 2.45. The van der Waals surface area contributed by atoms with Crippen LogP contribution in [0.1, 0.15) is 6.92 Å². The Balaban J connectivity index is 1.83. The molecule has 0 aliphatic carbocycles. The fourth-order valence-corrected chi connectivity index (χ4v) is 1.56. The van der Waals surface area contributed by atoms with E-state index in [1.165, 1.54) is 12.1 Å². The van der Waals surface area contributed by atoms with Crippen molar-refractivity contribution in [2.45, 2.75) is 6.92 Å². The zero-order valence-corrected chi connectivity index (χ0v) is 11.9. The molecule has 0 radical (unpaired) electrons. The van der Waals surface area contributed by atoms with E-state index in [0.29, 0.717) is 12.4 Å². The van der Waals surface area contributed by atoms with Crippen LogP contribution >= 0.6 is 0 Å². The highest BCUT2D eigenvalue weighted by molar-refractivity contribution is 5.79. The Hall–Kier alpha value is -3.02. The molecule has 6 heteroatoms. The first-order valence-corrected chi connectivity index (χ1v) is 6.56. The number of benzene rings is 2. The molecule has 22 heavy (non-hydrogen) atoms. The van der Waals surface area contributed by atoms with Gasteiger partial charge >= 0.3 is 12.3 Å². The van der Waals surface area contributed by atoms with Crippen LogP contribution < -0.4 is 14.2 Å². The maximum Gasteiger partial charge on any atom is 0.524 e. The molecule has 2 aromatic rings. The van der Waals surface area contributed by atoms with Gasteiger partial charge in [0.05, 0.1) is 6.61 Å². The fourth-order valence-electron chi connectivity index (χ4n) is 1.56. The van der Waals surface area contributed by atoms with Gasteiger partial charge in [0.15, 0.2) is 0 Å². The van der Waals surface area contributed by atoms with Gasteiger partial charge in [-0.15, -0.1) is 0 Å². The van der Waals surface area contributed by atoms with E-state index in [-0.39, 0.29) is 11.5 Å². The molecule has 0 N–H and O–H groups in total. The monoisotopic (exact) mass is 302 g/mol. The first-order valence-electron chi connectivity index (χ1n) is 6.56.